The third-order valence-corrected chi connectivity index (χ3v) is 2.67. The molecule has 0 unspecified atom stereocenters. The zero-order chi connectivity index (χ0) is 11.4. The smallest absolute Gasteiger partial charge is 0.157 e. The molecule has 0 saturated carbocycles. The van der Waals surface area contributed by atoms with Crippen molar-refractivity contribution < 1.29 is 19.7 Å². The zero-order valence-corrected chi connectivity index (χ0v) is 8.95. The first kappa shape index (κ1) is 11.5. The maximum absolute atomic E-state index is 9.28. The molecule has 2 rings (SSSR count). The lowest BCUT2D eigenvalue weighted by molar-refractivity contribution is -0.112. The van der Waals surface area contributed by atoms with Gasteiger partial charge in [-0.05, 0) is 5.56 Å². The van der Waals surface area contributed by atoms with E-state index in [1.54, 1.807) is 0 Å². The summed E-state index contributed by atoms with van der Waals surface area (Å²) in [5.41, 5.74) is 1.07. The lowest BCUT2D eigenvalue weighted by Crippen LogP contribution is -2.27. The number of benzene rings is 1. The predicted molar refractivity (Wildman–Crippen MR) is 57.6 cm³/mol. The van der Waals surface area contributed by atoms with Crippen molar-refractivity contribution in [1.29, 1.82) is 0 Å². The van der Waals surface area contributed by atoms with Gasteiger partial charge in [-0.25, -0.2) is 0 Å². The van der Waals surface area contributed by atoms with E-state index in [0.717, 1.165) is 5.56 Å². The Morgan fingerprint density at radius 1 is 1.31 bits per heavy atom. The van der Waals surface area contributed by atoms with Gasteiger partial charge < -0.3 is 19.7 Å². The van der Waals surface area contributed by atoms with E-state index in [-0.39, 0.29) is 12.7 Å². The highest BCUT2D eigenvalue weighted by atomic mass is 16.6. The summed E-state index contributed by atoms with van der Waals surface area (Å²) in [4.78, 5) is 0. The van der Waals surface area contributed by atoms with Crippen LogP contribution in [0.3, 0.4) is 0 Å². The first-order chi connectivity index (χ1) is 7.79. The number of rotatable bonds is 4. The van der Waals surface area contributed by atoms with Crippen LogP contribution in [0.1, 0.15) is 12.0 Å². The maximum Gasteiger partial charge on any atom is 0.157 e. The van der Waals surface area contributed by atoms with Crippen LogP contribution in [0, 0.1) is 0 Å². The second kappa shape index (κ2) is 5.41. The van der Waals surface area contributed by atoms with Crippen molar-refractivity contribution in [3.63, 3.8) is 0 Å². The summed E-state index contributed by atoms with van der Waals surface area (Å²) in [6.45, 7) is 0.342. The van der Waals surface area contributed by atoms with Gasteiger partial charge in [-0.15, -0.1) is 0 Å². The van der Waals surface area contributed by atoms with Gasteiger partial charge >= 0.3 is 0 Å². The molecule has 1 aliphatic rings. The fourth-order valence-corrected chi connectivity index (χ4v) is 1.81. The molecule has 0 aliphatic carbocycles. The van der Waals surface area contributed by atoms with Crippen LogP contribution in [0.2, 0.25) is 0 Å². The summed E-state index contributed by atoms with van der Waals surface area (Å²) >= 11 is 0. The number of hydrogen-bond donors (Lipinski definition) is 2. The quantitative estimate of drug-likeness (QED) is 0.789. The molecule has 1 saturated heterocycles. The van der Waals surface area contributed by atoms with Crippen molar-refractivity contribution in [3.8, 4) is 0 Å². The summed E-state index contributed by atoms with van der Waals surface area (Å²) in [7, 11) is 0. The molecule has 2 N–H and O–H groups in total. The van der Waals surface area contributed by atoms with Crippen molar-refractivity contribution in [2.24, 2.45) is 0 Å². The van der Waals surface area contributed by atoms with Crippen molar-refractivity contribution in [2.45, 2.75) is 31.5 Å². The molecule has 0 radical (unpaired) electrons. The normalized spacial score (nSPS) is 29.5. The molecule has 0 amide bonds. The van der Waals surface area contributed by atoms with Crippen LogP contribution < -0.4 is 0 Å². The monoisotopic (exact) mass is 224 g/mol. The molecular formula is C12H16O4. The average Bonchev–Trinajstić information content (AvgIpc) is 2.68. The molecule has 88 valence electrons. The summed E-state index contributed by atoms with van der Waals surface area (Å²) < 4.78 is 10.7. The van der Waals surface area contributed by atoms with Gasteiger partial charge in [-0.2, -0.15) is 0 Å². The Hall–Kier alpha value is -0.940. The number of ether oxygens (including phenoxy) is 2. The second-order valence-corrected chi connectivity index (χ2v) is 3.88. The minimum absolute atomic E-state index is 0.128. The Balaban J connectivity index is 1.86. The van der Waals surface area contributed by atoms with E-state index in [0.29, 0.717) is 13.0 Å². The lowest BCUT2D eigenvalue weighted by atomic mass is 10.2. The van der Waals surface area contributed by atoms with Gasteiger partial charge in [0, 0.05) is 6.42 Å². The van der Waals surface area contributed by atoms with E-state index in [4.69, 9.17) is 14.6 Å². The summed E-state index contributed by atoms with van der Waals surface area (Å²) in [6.07, 6.45) is -1.06. The molecule has 16 heavy (non-hydrogen) atoms. The largest absolute Gasteiger partial charge is 0.394 e. The van der Waals surface area contributed by atoms with Crippen LogP contribution in [0.15, 0.2) is 30.3 Å². The Morgan fingerprint density at radius 2 is 2.06 bits per heavy atom. The zero-order valence-electron chi connectivity index (χ0n) is 8.95. The lowest BCUT2D eigenvalue weighted by Gasteiger charge is -2.16. The topological polar surface area (TPSA) is 58.9 Å². The number of hydrogen-bond acceptors (Lipinski definition) is 4. The number of aliphatic hydroxyl groups is 2. The van der Waals surface area contributed by atoms with Gasteiger partial charge in [0.05, 0.1) is 19.3 Å². The minimum atomic E-state index is -0.821. The van der Waals surface area contributed by atoms with Crippen molar-refractivity contribution >= 4 is 0 Å². The molecule has 3 atom stereocenters. The number of aliphatic hydroxyl groups excluding tert-OH is 2. The highest BCUT2D eigenvalue weighted by Gasteiger charge is 2.34. The SMILES string of the molecule is OC[C@@H]1O[C@H](O)C[C@@H]1OCc1ccccc1. The van der Waals surface area contributed by atoms with Gasteiger partial charge in [-0.1, -0.05) is 30.3 Å². The standard InChI is InChI=1S/C12H16O4/c13-7-11-10(6-12(14)16-11)15-8-9-4-2-1-3-5-9/h1-5,10-14H,6-8H2/t10-,11-,12-/m0/s1. The molecule has 1 heterocycles. The summed E-state index contributed by atoms with van der Waals surface area (Å²) in [5.74, 6) is 0. The highest BCUT2D eigenvalue weighted by molar-refractivity contribution is 5.13. The molecule has 0 bridgehead atoms. The third kappa shape index (κ3) is 2.80. The van der Waals surface area contributed by atoms with Crippen molar-refractivity contribution in [3.05, 3.63) is 35.9 Å². The van der Waals surface area contributed by atoms with Gasteiger partial charge in [0.15, 0.2) is 6.29 Å². The van der Waals surface area contributed by atoms with Crippen LogP contribution >= 0.6 is 0 Å². The van der Waals surface area contributed by atoms with Gasteiger partial charge in [-0.3, -0.25) is 0 Å². The molecule has 1 aliphatic heterocycles. The maximum atomic E-state index is 9.28. The molecule has 0 aromatic heterocycles. The summed E-state index contributed by atoms with van der Waals surface area (Å²) in [6, 6.07) is 9.78. The van der Waals surface area contributed by atoms with E-state index in [1.807, 2.05) is 30.3 Å². The molecule has 4 nitrogen and oxygen atoms in total. The predicted octanol–water partition coefficient (Wildman–Crippen LogP) is 0.671. The Kier molecular flexibility index (Phi) is 3.90. The van der Waals surface area contributed by atoms with Crippen LogP contribution in [0.5, 0.6) is 0 Å². The second-order valence-electron chi connectivity index (χ2n) is 3.88. The molecule has 1 fully saturated rings. The Bertz CT molecular complexity index is 314. The third-order valence-electron chi connectivity index (χ3n) is 2.67. The first-order valence-corrected chi connectivity index (χ1v) is 5.39. The molecule has 4 heteroatoms. The van der Waals surface area contributed by atoms with Crippen LogP contribution in [-0.4, -0.2) is 35.3 Å². The van der Waals surface area contributed by atoms with Gasteiger partial charge in [0.25, 0.3) is 0 Å². The minimum Gasteiger partial charge on any atom is -0.394 e. The fraction of sp³-hybridized carbons (Fsp3) is 0.500. The average molecular weight is 224 g/mol. The Labute approximate surface area is 94.4 Å². The van der Waals surface area contributed by atoms with E-state index in [9.17, 15) is 5.11 Å². The summed E-state index contributed by atoms with van der Waals surface area (Å²) in [5, 5.41) is 18.3. The van der Waals surface area contributed by atoms with Crippen molar-refractivity contribution in [2.75, 3.05) is 6.61 Å². The van der Waals surface area contributed by atoms with Gasteiger partial charge in [0.2, 0.25) is 0 Å². The van der Waals surface area contributed by atoms with Crippen LogP contribution in [-0.2, 0) is 16.1 Å². The molecular weight excluding hydrogens is 208 g/mol. The molecule has 1 aromatic carbocycles. The van der Waals surface area contributed by atoms with E-state index in [2.05, 4.69) is 0 Å². The van der Waals surface area contributed by atoms with Crippen LogP contribution in [0.4, 0.5) is 0 Å². The molecule has 0 spiro atoms. The Morgan fingerprint density at radius 3 is 2.75 bits per heavy atom. The van der Waals surface area contributed by atoms with Crippen molar-refractivity contribution in [1.82, 2.24) is 0 Å². The van der Waals surface area contributed by atoms with E-state index >= 15 is 0 Å². The first-order valence-electron chi connectivity index (χ1n) is 5.39. The fourth-order valence-electron chi connectivity index (χ4n) is 1.81. The van der Waals surface area contributed by atoms with Crippen LogP contribution in [0.25, 0.3) is 0 Å². The highest BCUT2D eigenvalue weighted by Crippen LogP contribution is 2.22. The van der Waals surface area contributed by atoms with E-state index in [1.165, 1.54) is 0 Å². The van der Waals surface area contributed by atoms with Gasteiger partial charge in [0.1, 0.15) is 6.10 Å². The molecule has 1 aromatic rings. The van der Waals surface area contributed by atoms with E-state index < -0.39 is 12.4 Å².